The Hall–Kier alpha value is -1.53. The highest BCUT2D eigenvalue weighted by Gasteiger charge is 2.36. The lowest BCUT2D eigenvalue weighted by Crippen LogP contribution is -2.40. The molecular weight excluding hydrogens is 256 g/mol. The van der Waals surface area contributed by atoms with Crippen LogP contribution in [0.3, 0.4) is 0 Å². The van der Waals surface area contributed by atoms with E-state index in [0.29, 0.717) is 0 Å². The molecule has 2 atom stereocenters. The summed E-state index contributed by atoms with van der Waals surface area (Å²) in [5.74, 6) is -3.36. The van der Waals surface area contributed by atoms with E-state index < -0.39 is 23.5 Å². The lowest BCUT2D eigenvalue weighted by atomic mass is 10.0. The molecule has 1 aliphatic rings. The van der Waals surface area contributed by atoms with Crippen molar-refractivity contribution in [1.29, 1.82) is 0 Å². The average molecular weight is 271 g/mol. The molecule has 0 bridgehead atoms. The van der Waals surface area contributed by atoms with Crippen molar-refractivity contribution in [1.82, 2.24) is 4.90 Å². The largest absolute Gasteiger partial charge is 0.481 e. The number of aliphatic carboxylic acids is 1. The molecule has 19 heavy (non-hydrogen) atoms. The Labute approximate surface area is 109 Å². The van der Waals surface area contributed by atoms with E-state index in [0.717, 1.165) is 6.07 Å². The second-order valence-corrected chi connectivity index (χ2v) is 4.68. The topological polar surface area (TPSA) is 49.8 Å². The number of rotatable bonds is 4. The van der Waals surface area contributed by atoms with Crippen LogP contribution >= 0.6 is 0 Å². The predicted molar refractivity (Wildman–Crippen MR) is 63.6 cm³/mol. The number of nitrogens with zero attached hydrogens (tertiary/aromatic N) is 1. The highest BCUT2D eigenvalue weighted by molar-refractivity contribution is 5.71. The quantitative estimate of drug-likeness (QED) is 0.901. The van der Waals surface area contributed by atoms with Crippen LogP contribution in [-0.2, 0) is 16.1 Å². The summed E-state index contributed by atoms with van der Waals surface area (Å²) in [6, 6.07) is 3.64. The first-order valence-corrected chi connectivity index (χ1v) is 5.94. The van der Waals surface area contributed by atoms with Gasteiger partial charge in [-0.2, -0.15) is 0 Å². The highest BCUT2D eigenvalue weighted by Crippen LogP contribution is 2.22. The van der Waals surface area contributed by atoms with Gasteiger partial charge in [-0.1, -0.05) is 12.1 Å². The summed E-state index contributed by atoms with van der Waals surface area (Å²) in [4.78, 5) is 12.7. The van der Waals surface area contributed by atoms with Gasteiger partial charge in [0, 0.05) is 18.2 Å². The third kappa shape index (κ3) is 2.90. The zero-order valence-electron chi connectivity index (χ0n) is 10.5. The number of likely N-dealkylation sites (N-methyl/N-ethyl adjacent to an activating group) is 1. The van der Waals surface area contributed by atoms with E-state index in [4.69, 9.17) is 9.84 Å². The maximum Gasteiger partial charge on any atom is 0.310 e. The summed E-state index contributed by atoms with van der Waals surface area (Å²) in [6.07, 6.45) is 0. The molecule has 2 unspecified atom stereocenters. The summed E-state index contributed by atoms with van der Waals surface area (Å²) in [7, 11) is 1.68. The smallest absolute Gasteiger partial charge is 0.310 e. The molecule has 2 rings (SSSR count). The molecule has 1 aromatic rings. The van der Waals surface area contributed by atoms with Gasteiger partial charge in [-0.15, -0.1) is 0 Å². The number of ether oxygens (including phenoxy) is 1. The fraction of sp³-hybridized carbons (Fsp3) is 0.462. The Bertz CT molecular complexity index is 481. The van der Waals surface area contributed by atoms with E-state index >= 15 is 0 Å². The van der Waals surface area contributed by atoms with Crippen molar-refractivity contribution in [3.8, 4) is 0 Å². The van der Waals surface area contributed by atoms with Gasteiger partial charge in [0.25, 0.3) is 0 Å². The minimum Gasteiger partial charge on any atom is -0.481 e. The number of halogens is 2. The van der Waals surface area contributed by atoms with Crippen molar-refractivity contribution >= 4 is 5.97 Å². The van der Waals surface area contributed by atoms with Gasteiger partial charge in [0.15, 0.2) is 11.6 Å². The normalized spacial score (nSPS) is 22.9. The van der Waals surface area contributed by atoms with Crippen molar-refractivity contribution in [2.45, 2.75) is 12.6 Å². The molecule has 1 aromatic carbocycles. The molecular formula is C13H15F2NO3. The van der Waals surface area contributed by atoms with Gasteiger partial charge in [-0.25, -0.2) is 8.78 Å². The van der Waals surface area contributed by atoms with E-state index in [-0.39, 0.29) is 31.4 Å². The number of hydrogen-bond acceptors (Lipinski definition) is 3. The Morgan fingerprint density at radius 1 is 1.47 bits per heavy atom. The fourth-order valence-corrected chi connectivity index (χ4v) is 2.27. The number of benzene rings is 1. The molecule has 1 aliphatic heterocycles. The third-order valence-corrected chi connectivity index (χ3v) is 3.39. The summed E-state index contributed by atoms with van der Waals surface area (Å²) in [5, 5.41) is 9.06. The van der Waals surface area contributed by atoms with E-state index in [1.807, 2.05) is 0 Å². The molecule has 0 saturated carbocycles. The molecule has 104 valence electrons. The molecule has 0 spiro atoms. The summed E-state index contributed by atoms with van der Waals surface area (Å²) < 4.78 is 31.8. The van der Waals surface area contributed by atoms with Crippen LogP contribution in [0.1, 0.15) is 5.56 Å². The summed E-state index contributed by atoms with van der Waals surface area (Å²) in [5.41, 5.74) is 0.207. The summed E-state index contributed by atoms with van der Waals surface area (Å²) in [6.45, 7) is 0.571. The minimum atomic E-state index is -0.936. The van der Waals surface area contributed by atoms with Gasteiger partial charge < -0.3 is 9.84 Å². The van der Waals surface area contributed by atoms with Crippen LogP contribution in [0.15, 0.2) is 18.2 Å². The molecule has 0 aliphatic carbocycles. The van der Waals surface area contributed by atoms with E-state index in [2.05, 4.69) is 0 Å². The van der Waals surface area contributed by atoms with Gasteiger partial charge >= 0.3 is 5.97 Å². The van der Waals surface area contributed by atoms with E-state index in [1.165, 1.54) is 12.1 Å². The molecule has 4 nitrogen and oxygen atoms in total. The van der Waals surface area contributed by atoms with Crippen LogP contribution in [0, 0.1) is 17.6 Å². The molecule has 6 heteroatoms. The van der Waals surface area contributed by atoms with Crippen molar-refractivity contribution in [2.75, 3.05) is 20.3 Å². The Kier molecular flexibility index (Phi) is 4.11. The van der Waals surface area contributed by atoms with Gasteiger partial charge in [0.05, 0.1) is 19.1 Å². The second-order valence-electron chi connectivity index (χ2n) is 4.68. The molecule has 1 heterocycles. The van der Waals surface area contributed by atoms with Crippen LogP contribution < -0.4 is 0 Å². The predicted octanol–water partition coefficient (Wildman–Crippen LogP) is 1.50. The standard InChI is InChI=1S/C13H15F2NO3/c1-16(11-7-19-6-9(11)13(17)18)5-8-3-2-4-10(14)12(8)15/h2-4,9,11H,5-7H2,1H3,(H,17,18). The van der Waals surface area contributed by atoms with Crippen LogP contribution in [0.2, 0.25) is 0 Å². The third-order valence-electron chi connectivity index (χ3n) is 3.39. The van der Waals surface area contributed by atoms with Crippen molar-refractivity contribution in [3.05, 3.63) is 35.4 Å². The highest BCUT2D eigenvalue weighted by atomic mass is 19.2. The first kappa shape index (κ1) is 13.9. The monoisotopic (exact) mass is 271 g/mol. The lowest BCUT2D eigenvalue weighted by Gasteiger charge is -2.26. The van der Waals surface area contributed by atoms with Crippen LogP contribution in [0.5, 0.6) is 0 Å². The maximum atomic E-state index is 13.6. The molecule has 1 saturated heterocycles. The van der Waals surface area contributed by atoms with Crippen molar-refractivity contribution in [3.63, 3.8) is 0 Å². The average Bonchev–Trinajstić information content (AvgIpc) is 2.84. The SMILES string of the molecule is CN(Cc1cccc(F)c1F)C1COCC1C(=O)O. The van der Waals surface area contributed by atoms with Crippen LogP contribution in [0.25, 0.3) is 0 Å². The molecule has 0 aromatic heterocycles. The molecule has 1 fully saturated rings. The Morgan fingerprint density at radius 2 is 2.21 bits per heavy atom. The van der Waals surface area contributed by atoms with E-state index in [1.54, 1.807) is 11.9 Å². The van der Waals surface area contributed by atoms with Crippen LogP contribution in [-0.4, -0.2) is 42.3 Å². The van der Waals surface area contributed by atoms with Crippen molar-refractivity contribution in [2.24, 2.45) is 5.92 Å². The van der Waals surface area contributed by atoms with E-state index in [9.17, 15) is 13.6 Å². The van der Waals surface area contributed by atoms with Crippen LogP contribution in [0.4, 0.5) is 8.78 Å². The number of hydrogen-bond donors (Lipinski definition) is 1. The van der Waals surface area contributed by atoms with Crippen molar-refractivity contribution < 1.29 is 23.4 Å². The lowest BCUT2D eigenvalue weighted by molar-refractivity contribution is -0.143. The zero-order valence-corrected chi connectivity index (χ0v) is 10.5. The Balaban J connectivity index is 2.10. The second kappa shape index (κ2) is 5.63. The maximum absolute atomic E-state index is 13.6. The number of carboxylic acid groups (broad SMARTS) is 1. The van der Waals surface area contributed by atoms with Gasteiger partial charge in [0.2, 0.25) is 0 Å². The Morgan fingerprint density at radius 3 is 2.89 bits per heavy atom. The fourth-order valence-electron chi connectivity index (χ4n) is 2.27. The molecule has 0 radical (unpaired) electrons. The molecule has 1 N–H and O–H groups in total. The number of carbonyl (C=O) groups is 1. The van der Waals surface area contributed by atoms with Gasteiger partial charge in [-0.05, 0) is 13.1 Å². The minimum absolute atomic E-state index is 0.140. The van der Waals surface area contributed by atoms with Gasteiger partial charge in [-0.3, -0.25) is 9.69 Å². The zero-order chi connectivity index (χ0) is 14.0. The first-order valence-electron chi connectivity index (χ1n) is 5.94. The summed E-state index contributed by atoms with van der Waals surface area (Å²) >= 11 is 0. The first-order chi connectivity index (χ1) is 9.00. The number of carboxylic acids is 1. The molecule has 0 amide bonds. The van der Waals surface area contributed by atoms with Gasteiger partial charge in [0.1, 0.15) is 0 Å².